The zero-order valence-electron chi connectivity index (χ0n) is 16.8. The van der Waals surface area contributed by atoms with Crippen LogP contribution in [0.5, 0.6) is 5.75 Å². The molecule has 5 heteroatoms. The topological polar surface area (TPSA) is 26.7 Å². The van der Waals surface area contributed by atoms with Gasteiger partial charge in [-0.05, 0) is 71.6 Å². The summed E-state index contributed by atoms with van der Waals surface area (Å²) in [6, 6.07) is 17.5. The highest BCUT2D eigenvalue weighted by Gasteiger charge is 2.35. The molecule has 0 spiro atoms. The van der Waals surface area contributed by atoms with Gasteiger partial charge in [-0.15, -0.1) is 0 Å². The van der Waals surface area contributed by atoms with E-state index in [1.807, 2.05) is 24.3 Å². The van der Waals surface area contributed by atoms with Crippen molar-refractivity contribution in [3.05, 3.63) is 87.9 Å². The number of thiophene rings is 1. The van der Waals surface area contributed by atoms with Crippen LogP contribution < -0.4 is 0 Å². The number of hydrogen-bond donors (Lipinski definition) is 1. The normalized spacial score (nSPS) is 21.9. The highest BCUT2D eigenvalue weighted by molar-refractivity contribution is 7.08. The first-order valence-electron chi connectivity index (χ1n) is 10.1. The molecule has 2 aromatic carbocycles. The summed E-state index contributed by atoms with van der Waals surface area (Å²) in [4.78, 5) is 5.02. The average Bonchev–Trinajstić information content (AvgIpc) is 3.22. The molecular weight excluding hydrogens is 383 g/mol. The van der Waals surface area contributed by atoms with Crippen LogP contribution in [0, 0.1) is 5.82 Å². The molecule has 1 fully saturated rings. The summed E-state index contributed by atoms with van der Waals surface area (Å²) in [5, 5.41) is 14.4. The van der Waals surface area contributed by atoms with Gasteiger partial charge >= 0.3 is 0 Å². The van der Waals surface area contributed by atoms with Crippen LogP contribution in [0.4, 0.5) is 4.39 Å². The van der Waals surface area contributed by atoms with Gasteiger partial charge in [0.1, 0.15) is 11.6 Å². The molecule has 0 amide bonds. The fourth-order valence-corrected chi connectivity index (χ4v) is 5.01. The zero-order chi connectivity index (χ0) is 20.4. The lowest BCUT2D eigenvalue weighted by atomic mass is 9.95. The molecule has 152 valence electrons. The maximum absolute atomic E-state index is 13.2. The Labute approximate surface area is 176 Å². The Bertz CT molecular complexity index is 928. The Morgan fingerprint density at radius 3 is 2.52 bits per heavy atom. The molecule has 29 heavy (non-hydrogen) atoms. The molecule has 1 unspecified atom stereocenters. The van der Waals surface area contributed by atoms with Crippen LogP contribution in [0.1, 0.15) is 36.6 Å². The lowest BCUT2D eigenvalue weighted by Gasteiger charge is -2.47. The van der Waals surface area contributed by atoms with Gasteiger partial charge in [0.15, 0.2) is 0 Å². The molecule has 3 aromatic rings. The van der Waals surface area contributed by atoms with Crippen molar-refractivity contribution < 1.29 is 9.50 Å². The van der Waals surface area contributed by atoms with E-state index in [4.69, 9.17) is 0 Å². The molecule has 0 saturated carbocycles. The van der Waals surface area contributed by atoms with Gasteiger partial charge in [0.25, 0.3) is 0 Å². The van der Waals surface area contributed by atoms with Crippen molar-refractivity contribution in [3.63, 3.8) is 0 Å². The maximum Gasteiger partial charge on any atom is 0.123 e. The van der Waals surface area contributed by atoms with Gasteiger partial charge in [-0.2, -0.15) is 11.3 Å². The van der Waals surface area contributed by atoms with E-state index in [2.05, 4.69) is 46.5 Å². The molecule has 0 aliphatic carbocycles. The summed E-state index contributed by atoms with van der Waals surface area (Å²) in [6.45, 7) is 7.23. The lowest BCUT2D eigenvalue weighted by Crippen LogP contribution is -2.56. The minimum atomic E-state index is -0.190. The first-order valence-corrected chi connectivity index (χ1v) is 11.0. The van der Waals surface area contributed by atoms with E-state index in [9.17, 15) is 9.50 Å². The fraction of sp³-hybridized carbons (Fsp3) is 0.333. The lowest BCUT2D eigenvalue weighted by molar-refractivity contribution is 0.0196. The van der Waals surface area contributed by atoms with Gasteiger partial charge < -0.3 is 5.11 Å². The quantitative estimate of drug-likeness (QED) is 0.620. The molecule has 0 radical (unpaired) electrons. The summed E-state index contributed by atoms with van der Waals surface area (Å²) < 4.78 is 13.2. The number of phenolic OH excluding ortho intramolecular Hbond substituents is 1. The predicted molar refractivity (Wildman–Crippen MR) is 117 cm³/mol. The summed E-state index contributed by atoms with van der Waals surface area (Å²) in [5.74, 6) is 0.114. The monoisotopic (exact) mass is 410 g/mol. The Hall–Kier alpha value is -2.21. The zero-order valence-corrected chi connectivity index (χ0v) is 17.6. The number of aromatic hydroxyl groups is 1. The first kappa shape index (κ1) is 20.1. The van der Waals surface area contributed by atoms with E-state index in [1.165, 1.54) is 17.7 Å². The Morgan fingerprint density at radius 2 is 1.83 bits per heavy atom. The standard InChI is InChI=1S/C24H27FN2OS/c1-17-14-27(18(2)13-26(17)15-19-6-8-22(25)9-7-19)24(21-10-11-29-16-21)20-4-3-5-23(28)12-20/h3-12,16-18,24,28H,13-15H2,1-2H3/t17-,18-,24?/m0/s1. The molecule has 0 bridgehead atoms. The van der Waals surface area contributed by atoms with Crippen molar-refractivity contribution in [1.82, 2.24) is 9.80 Å². The molecule has 4 rings (SSSR count). The van der Waals surface area contributed by atoms with E-state index in [0.717, 1.165) is 30.8 Å². The first-order chi connectivity index (χ1) is 14.0. The number of rotatable bonds is 5. The number of piperazine rings is 1. The second kappa shape index (κ2) is 8.66. The summed E-state index contributed by atoms with van der Waals surface area (Å²) in [5.41, 5.74) is 3.53. The van der Waals surface area contributed by atoms with Crippen LogP contribution in [0.3, 0.4) is 0 Å². The molecule has 3 nitrogen and oxygen atoms in total. The van der Waals surface area contributed by atoms with Gasteiger partial charge in [-0.3, -0.25) is 9.80 Å². The number of hydrogen-bond acceptors (Lipinski definition) is 4. The van der Waals surface area contributed by atoms with Gasteiger partial charge in [-0.25, -0.2) is 4.39 Å². The van der Waals surface area contributed by atoms with Gasteiger partial charge in [-0.1, -0.05) is 24.3 Å². The highest BCUT2D eigenvalue weighted by Crippen LogP contribution is 2.35. The predicted octanol–water partition coefficient (Wildman–Crippen LogP) is 5.28. The van der Waals surface area contributed by atoms with E-state index in [0.29, 0.717) is 17.8 Å². The van der Waals surface area contributed by atoms with Crippen molar-refractivity contribution in [3.8, 4) is 5.75 Å². The molecule has 1 aliphatic heterocycles. The van der Waals surface area contributed by atoms with Crippen molar-refractivity contribution in [2.24, 2.45) is 0 Å². The minimum Gasteiger partial charge on any atom is -0.508 e. The molecule has 1 saturated heterocycles. The van der Waals surface area contributed by atoms with Crippen LogP contribution in [0.15, 0.2) is 65.4 Å². The Kier molecular flexibility index (Phi) is 5.99. The summed E-state index contributed by atoms with van der Waals surface area (Å²) in [7, 11) is 0. The fourth-order valence-electron chi connectivity index (χ4n) is 4.33. The van der Waals surface area contributed by atoms with Gasteiger partial charge in [0, 0.05) is 31.7 Å². The van der Waals surface area contributed by atoms with Crippen molar-refractivity contribution >= 4 is 11.3 Å². The Morgan fingerprint density at radius 1 is 1.03 bits per heavy atom. The SMILES string of the molecule is C[C@H]1CN(C(c2ccsc2)c2cccc(O)c2)[C@@H](C)CN1Cc1ccc(F)cc1. The molecule has 2 heterocycles. The third-order valence-corrected chi connectivity index (χ3v) is 6.54. The molecule has 3 atom stereocenters. The smallest absolute Gasteiger partial charge is 0.123 e. The molecule has 1 aliphatic rings. The Balaban J connectivity index is 1.56. The third-order valence-electron chi connectivity index (χ3n) is 5.84. The number of halogens is 1. The second-order valence-corrected chi connectivity index (χ2v) is 8.78. The van der Waals surface area contributed by atoms with Crippen molar-refractivity contribution in [2.75, 3.05) is 13.1 Å². The minimum absolute atomic E-state index is 0.124. The largest absolute Gasteiger partial charge is 0.508 e. The van der Waals surface area contributed by atoms with Crippen LogP contribution in [0.2, 0.25) is 0 Å². The maximum atomic E-state index is 13.2. The van der Waals surface area contributed by atoms with E-state index in [-0.39, 0.29) is 11.9 Å². The van der Waals surface area contributed by atoms with Gasteiger partial charge in [0.2, 0.25) is 0 Å². The van der Waals surface area contributed by atoms with E-state index < -0.39 is 0 Å². The van der Waals surface area contributed by atoms with Crippen molar-refractivity contribution in [2.45, 2.75) is 38.5 Å². The summed E-state index contributed by atoms with van der Waals surface area (Å²) >= 11 is 1.71. The van der Waals surface area contributed by atoms with Gasteiger partial charge in [0.05, 0.1) is 6.04 Å². The number of nitrogens with zero attached hydrogens (tertiary/aromatic N) is 2. The molecule has 1 N–H and O–H groups in total. The van der Waals surface area contributed by atoms with E-state index >= 15 is 0 Å². The molecular formula is C24H27FN2OS. The summed E-state index contributed by atoms with van der Waals surface area (Å²) in [6.07, 6.45) is 0. The third kappa shape index (κ3) is 4.53. The molecule has 1 aromatic heterocycles. The van der Waals surface area contributed by atoms with E-state index in [1.54, 1.807) is 17.4 Å². The van der Waals surface area contributed by atoms with Crippen LogP contribution in [0.25, 0.3) is 0 Å². The van der Waals surface area contributed by atoms with Crippen LogP contribution in [-0.4, -0.2) is 40.1 Å². The second-order valence-electron chi connectivity index (χ2n) is 8.00. The number of benzene rings is 2. The van der Waals surface area contributed by atoms with Crippen molar-refractivity contribution in [1.29, 1.82) is 0 Å². The van der Waals surface area contributed by atoms with Crippen LogP contribution in [-0.2, 0) is 6.54 Å². The van der Waals surface area contributed by atoms with Crippen LogP contribution >= 0.6 is 11.3 Å². The number of phenols is 1. The average molecular weight is 411 g/mol. The highest BCUT2D eigenvalue weighted by atomic mass is 32.1.